The van der Waals surface area contributed by atoms with Gasteiger partial charge in [-0.3, -0.25) is 10.1 Å². The van der Waals surface area contributed by atoms with E-state index in [1.807, 2.05) is 18.2 Å². The Bertz CT molecular complexity index is 944. The van der Waals surface area contributed by atoms with E-state index in [9.17, 15) is 10.1 Å². The molecule has 0 saturated heterocycles. The average molecular weight is 431 g/mol. The van der Waals surface area contributed by atoms with Gasteiger partial charge in [0.1, 0.15) is 5.69 Å². The molecule has 0 unspecified atom stereocenters. The Morgan fingerprint density at radius 2 is 2.07 bits per heavy atom. The highest BCUT2D eigenvalue weighted by molar-refractivity contribution is 9.10. The summed E-state index contributed by atoms with van der Waals surface area (Å²) in [5, 5.41) is 15.0. The number of nitrogens with zero attached hydrogens (tertiary/aromatic N) is 1. The Balaban J connectivity index is 1.84. The lowest BCUT2D eigenvalue weighted by atomic mass is 9.76. The first-order valence-electron chi connectivity index (χ1n) is 8.67. The third-order valence-corrected chi connectivity index (χ3v) is 5.98. The summed E-state index contributed by atoms with van der Waals surface area (Å²) in [6, 6.07) is 9.14. The number of halogens is 1. The molecule has 4 rings (SSSR count). The van der Waals surface area contributed by atoms with E-state index in [0.717, 1.165) is 22.0 Å². The third-order valence-electron chi connectivity index (χ3n) is 5.39. The monoisotopic (exact) mass is 430 g/mol. The molecule has 0 radical (unpaired) electrons. The third kappa shape index (κ3) is 2.86. The minimum Gasteiger partial charge on any atom is -0.493 e. The van der Waals surface area contributed by atoms with Crippen molar-refractivity contribution in [3.05, 3.63) is 68.2 Å². The zero-order valence-electron chi connectivity index (χ0n) is 14.9. The number of nitro benzene ring substituents is 1. The van der Waals surface area contributed by atoms with Crippen LogP contribution in [0.4, 0.5) is 11.4 Å². The van der Waals surface area contributed by atoms with Crippen LogP contribution in [0, 0.1) is 16.0 Å². The molecule has 0 saturated carbocycles. The minimum absolute atomic E-state index is 0.0743. The topological polar surface area (TPSA) is 73.6 Å². The molecule has 7 heteroatoms. The van der Waals surface area contributed by atoms with Gasteiger partial charge in [-0.2, -0.15) is 0 Å². The van der Waals surface area contributed by atoms with Crippen LogP contribution in [-0.2, 0) is 0 Å². The van der Waals surface area contributed by atoms with E-state index in [4.69, 9.17) is 9.47 Å². The van der Waals surface area contributed by atoms with Crippen molar-refractivity contribution in [2.45, 2.75) is 18.4 Å². The van der Waals surface area contributed by atoms with Gasteiger partial charge in [0.15, 0.2) is 11.5 Å². The van der Waals surface area contributed by atoms with Gasteiger partial charge in [0, 0.05) is 12.0 Å². The number of hydrogen-bond acceptors (Lipinski definition) is 5. The first-order chi connectivity index (χ1) is 13.0. The van der Waals surface area contributed by atoms with Crippen LogP contribution in [0.1, 0.15) is 29.5 Å². The fraction of sp³-hybridized carbons (Fsp3) is 0.300. The molecule has 0 spiro atoms. The summed E-state index contributed by atoms with van der Waals surface area (Å²) >= 11 is 3.55. The number of hydrogen-bond donors (Lipinski definition) is 1. The number of fused-ring (bicyclic) bond motifs is 3. The molecule has 2 aromatic carbocycles. The van der Waals surface area contributed by atoms with Crippen molar-refractivity contribution in [2.75, 3.05) is 19.5 Å². The molecule has 2 aliphatic rings. The summed E-state index contributed by atoms with van der Waals surface area (Å²) in [6.07, 6.45) is 5.24. The van der Waals surface area contributed by atoms with E-state index < -0.39 is 0 Å². The fourth-order valence-corrected chi connectivity index (χ4v) is 4.83. The van der Waals surface area contributed by atoms with Crippen LogP contribution in [0.25, 0.3) is 0 Å². The van der Waals surface area contributed by atoms with Gasteiger partial charge >= 0.3 is 0 Å². The van der Waals surface area contributed by atoms with E-state index in [-0.39, 0.29) is 28.5 Å². The molecule has 1 N–H and O–H groups in total. The van der Waals surface area contributed by atoms with Crippen molar-refractivity contribution in [3.63, 3.8) is 0 Å². The highest BCUT2D eigenvalue weighted by atomic mass is 79.9. The smallest absolute Gasteiger partial charge is 0.292 e. The molecule has 1 aliphatic heterocycles. The maximum absolute atomic E-state index is 11.5. The summed E-state index contributed by atoms with van der Waals surface area (Å²) in [4.78, 5) is 11.2. The number of anilines is 1. The summed E-state index contributed by atoms with van der Waals surface area (Å²) < 4.78 is 11.7. The van der Waals surface area contributed by atoms with Crippen molar-refractivity contribution in [3.8, 4) is 11.5 Å². The molecule has 0 fully saturated rings. The summed E-state index contributed by atoms with van der Waals surface area (Å²) in [5.41, 5.74) is 2.70. The highest BCUT2D eigenvalue weighted by Gasteiger charge is 2.40. The zero-order valence-corrected chi connectivity index (χ0v) is 16.5. The van der Waals surface area contributed by atoms with Crippen LogP contribution < -0.4 is 14.8 Å². The molecule has 27 heavy (non-hydrogen) atoms. The van der Waals surface area contributed by atoms with Crippen molar-refractivity contribution >= 4 is 27.3 Å². The predicted molar refractivity (Wildman–Crippen MR) is 107 cm³/mol. The predicted octanol–water partition coefficient (Wildman–Crippen LogP) is 5.20. The first kappa shape index (κ1) is 17.9. The number of methoxy groups -OCH3 is 2. The quantitative estimate of drug-likeness (QED) is 0.409. The van der Waals surface area contributed by atoms with Gasteiger partial charge in [-0.15, -0.1) is 0 Å². The van der Waals surface area contributed by atoms with Crippen molar-refractivity contribution in [1.82, 2.24) is 0 Å². The lowest BCUT2D eigenvalue weighted by molar-refractivity contribution is -0.384. The van der Waals surface area contributed by atoms with Crippen molar-refractivity contribution < 1.29 is 14.4 Å². The molecular weight excluding hydrogens is 412 g/mol. The molecule has 0 aromatic heterocycles. The standard InChI is InChI=1S/C20H19BrN2O4/c1-26-17-10-11(9-15(21)20(17)27-2)18-13-6-3-5-12(13)14-7-4-8-16(23(24)25)19(14)22-18/h3-5,7-10,12-13,18,22H,6H2,1-2H3/t12-,13+,18+/m1/s1. The summed E-state index contributed by atoms with van der Waals surface area (Å²) in [7, 11) is 3.19. The van der Waals surface area contributed by atoms with Crippen molar-refractivity contribution in [1.29, 1.82) is 0 Å². The minimum atomic E-state index is -0.327. The van der Waals surface area contributed by atoms with Crippen LogP contribution in [0.15, 0.2) is 47.0 Å². The molecule has 1 aliphatic carbocycles. The number of allylic oxidation sites excluding steroid dienone is 2. The van der Waals surface area contributed by atoms with Gasteiger partial charge in [0.2, 0.25) is 0 Å². The van der Waals surface area contributed by atoms with Crippen LogP contribution in [0.3, 0.4) is 0 Å². The number of nitro groups is 1. The van der Waals surface area contributed by atoms with Crippen LogP contribution >= 0.6 is 15.9 Å². The number of rotatable bonds is 4. The maximum Gasteiger partial charge on any atom is 0.292 e. The Labute approximate surface area is 165 Å². The Kier molecular flexibility index (Phi) is 4.55. The molecule has 140 valence electrons. The number of ether oxygens (including phenoxy) is 2. The lowest BCUT2D eigenvalue weighted by Crippen LogP contribution is -2.29. The molecule has 1 heterocycles. The second kappa shape index (κ2) is 6.88. The van der Waals surface area contributed by atoms with Gasteiger partial charge in [-0.1, -0.05) is 24.3 Å². The fourth-order valence-electron chi connectivity index (χ4n) is 4.20. The van der Waals surface area contributed by atoms with Crippen molar-refractivity contribution in [2.24, 2.45) is 5.92 Å². The van der Waals surface area contributed by atoms with E-state index in [0.29, 0.717) is 17.2 Å². The molecule has 3 atom stereocenters. The molecule has 0 amide bonds. The van der Waals surface area contributed by atoms with Crippen LogP contribution in [-0.4, -0.2) is 19.1 Å². The van der Waals surface area contributed by atoms with Gasteiger partial charge in [-0.05, 0) is 51.5 Å². The maximum atomic E-state index is 11.5. The second-order valence-corrected chi connectivity index (χ2v) is 7.57. The zero-order chi connectivity index (χ0) is 19.1. The summed E-state index contributed by atoms with van der Waals surface area (Å²) in [5.74, 6) is 1.69. The van der Waals surface area contributed by atoms with E-state index in [1.54, 1.807) is 26.4 Å². The van der Waals surface area contributed by atoms with Crippen LogP contribution in [0.2, 0.25) is 0 Å². The molecule has 0 bridgehead atoms. The van der Waals surface area contributed by atoms with Gasteiger partial charge < -0.3 is 14.8 Å². The second-order valence-electron chi connectivity index (χ2n) is 6.71. The Morgan fingerprint density at radius 3 is 2.78 bits per heavy atom. The Morgan fingerprint density at radius 1 is 1.26 bits per heavy atom. The molecular formula is C20H19BrN2O4. The van der Waals surface area contributed by atoms with Gasteiger partial charge in [0.05, 0.1) is 29.7 Å². The van der Waals surface area contributed by atoms with E-state index >= 15 is 0 Å². The number of benzene rings is 2. The summed E-state index contributed by atoms with van der Waals surface area (Å²) in [6.45, 7) is 0. The first-order valence-corrected chi connectivity index (χ1v) is 9.46. The average Bonchev–Trinajstić information content (AvgIpc) is 3.16. The number of nitrogens with one attached hydrogen (secondary N) is 1. The molecule has 2 aromatic rings. The SMILES string of the molecule is COc1cc([C@@H]2Nc3c(cccc3[N+](=O)[O-])[C@@H]3C=CC[C@@H]32)cc(Br)c1OC. The van der Waals surface area contributed by atoms with Gasteiger partial charge in [0.25, 0.3) is 5.69 Å². The van der Waals surface area contributed by atoms with Crippen LogP contribution in [0.5, 0.6) is 11.5 Å². The van der Waals surface area contributed by atoms with Gasteiger partial charge in [-0.25, -0.2) is 0 Å². The normalized spacial score (nSPS) is 22.6. The Hall–Kier alpha value is -2.54. The lowest BCUT2D eigenvalue weighted by Gasteiger charge is -2.37. The van der Waals surface area contributed by atoms with E-state index in [1.165, 1.54) is 0 Å². The highest BCUT2D eigenvalue weighted by Crippen LogP contribution is 2.53. The van der Waals surface area contributed by atoms with E-state index in [2.05, 4.69) is 33.4 Å². The number of para-hydroxylation sites is 1. The molecule has 6 nitrogen and oxygen atoms in total. The largest absolute Gasteiger partial charge is 0.493 e.